The summed E-state index contributed by atoms with van der Waals surface area (Å²) in [5.74, 6) is 0.216. The fourth-order valence-corrected chi connectivity index (χ4v) is 2.72. The van der Waals surface area contributed by atoms with Crippen LogP contribution in [-0.2, 0) is 4.74 Å². The minimum atomic E-state index is -0.459. The molecule has 3 rings (SSSR count). The number of carbonyl (C=O) groups excluding carboxylic acids is 1. The monoisotopic (exact) mass is 299 g/mol. The molecule has 0 aliphatic carbocycles. The van der Waals surface area contributed by atoms with Crippen LogP contribution in [-0.4, -0.2) is 27.8 Å². The zero-order chi connectivity index (χ0) is 14.8. The van der Waals surface area contributed by atoms with E-state index in [-0.39, 0.29) is 5.69 Å². The highest BCUT2D eigenvalue weighted by atomic mass is 32.1. The summed E-state index contributed by atoms with van der Waals surface area (Å²) >= 11 is 1.58. The quantitative estimate of drug-likeness (QED) is 0.697. The van der Waals surface area contributed by atoms with Crippen LogP contribution in [0.1, 0.15) is 16.1 Å². The summed E-state index contributed by atoms with van der Waals surface area (Å²) in [6.07, 6.45) is 1.72. The first-order chi connectivity index (χ1) is 10.2. The maximum atomic E-state index is 11.7. The van der Waals surface area contributed by atoms with Crippen LogP contribution >= 0.6 is 11.3 Å². The van der Waals surface area contributed by atoms with Crippen molar-refractivity contribution in [2.24, 2.45) is 0 Å². The topological polar surface area (TPSA) is 57.0 Å². The zero-order valence-corrected chi connectivity index (χ0v) is 12.4. The lowest BCUT2D eigenvalue weighted by Crippen LogP contribution is -2.05. The molecule has 0 aliphatic rings. The van der Waals surface area contributed by atoms with E-state index < -0.39 is 5.97 Å². The first-order valence-electron chi connectivity index (χ1n) is 6.34. The van der Waals surface area contributed by atoms with Crippen molar-refractivity contribution in [1.82, 2.24) is 14.8 Å². The Hall–Kier alpha value is -2.47. The number of rotatable bonds is 3. The van der Waals surface area contributed by atoms with Crippen molar-refractivity contribution in [3.63, 3.8) is 0 Å². The molecular formula is C15H13N3O2S. The molecule has 5 nitrogen and oxygen atoms in total. The van der Waals surface area contributed by atoms with Gasteiger partial charge in [0.2, 0.25) is 0 Å². The second-order valence-electron chi connectivity index (χ2n) is 4.49. The molecule has 0 amide bonds. The minimum absolute atomic E-state index is 0.268. The summed E-state index contributed by atoms with van der Waals surface area (Å²) in [7, 11) is 1.34. The molecule has 0 aliphatic heterocycles. The van der Waals surface area contributed by atoms with Gasteiger partial charge >= 0.3 is 5.97 Å². The van der Waals surface area contributed by atoms with Gasteiger partial charge in [-0.2, -0.15) is 5.10 Å². The van der Waals surface area contributed by atoms with Gasteiger partial charge in [0.25, 0.3) is 0 Å². The number of hydrogen-bond acceptors (Lipinski definition) is 5. The predicted octanol–water partition coefficient (Wildman–Crippen LogP) is 3.09. The highest BCUT2D eigenvalue weighted by molar-refractivity contribution is 7.13. The SMILES string of the molecule is COC(=O)c1cc(-c2cccs2)n(-c2cc(C)ccn2)n1. The third-order valence-corrected chi connectivity index (χ3v) is 3.89. The van der Waals surface area contributed by atoms with Gasteiger partial charge in [-0.15, -0.1) is 11.3 Å². The lowest BCUT2D eigenvalue weighted by atomic mass is 10.3. The van der Waals surface area contributed by atoms with E-state index in [1.165, 1.54) is 7.11 Å². The molecule has 0 unspecified atom stereocenters. The first kappa shape index (κ1) is 13.5. The summed E-state index contributed by atoms with van der Waals surface area (Å²) in [6.45, 7) is 1.99. The number of methoxy groups -OCH3 is 1. The molecule has 0 saturated carbocycles. The Morgan fingerprint density at radius 1 is 1.33 bits per heavy atom. The van der Waals surface area contributed by atoms with Crippen LogP contribution in [0, 0.1) is 6.92 Å². The minimum Gasteiger partial charge on any atom is -0.464 e. The van der Waals surface area contributed by atoms with Gasteiger partial charge in [-0.1, -0.05) is 6.07 Å². The van der Waals surface area contributed by atoms with Crippen LogP contribution in [0.5, 0.6) is 0 Å². The Balaban J connectivity index is 2.18. The number of aromatic nitrogens is 3. The van der Waals surface area contributed by atoms with Gasteiger partial charge < -0.3 is 4.74 Å². The standard InChI is InChI=1S/C15H13N3O2S/c1-10-5-6-16-14(8-10)18-12(13-4-3-7-21-13)9-11(17-18)15(19)20-2/h3-9H,1-2H3. The number of ether oxygens (including phenoxy) is 1. The van der Waals surface area contributed by atoms with E-state index in [9.17, 15) is 4.79 Å². The van der Waals surface area contributed by atoms with Crippen LogP contribution in [0.4, 0.5) is 0 Å². The number of carbonyl (C=O) groups is 1. The smallest absolute Gasteiger partial charge is 0.358 e. The van der Waals surface area contributed by atoms with E-state index in [1.807, 2.05) is 36.6 Å². The van der Waals surface area contributed by atoms with Crippen molar-refractivity contribution in [2.45, 2.75) is 6.92 Å². The molecule has 0 atom stereocenters. The van der Waals surface area contributed by atoms with Crippen molar-refractivity contribution >= 4 is 17.3 Å². The van der Waals surface area contributed by atoms with E-state index in [4.69, 9.17) is 4.74 Å². The highest BCUT2D eigenvalue weighted by Gasteiger charge is 2.18. The molecular weight excluding hydrogens is 286 g/mol. The first-order valence-corrected chi connectivity index (χ1v) is 7.22. The molecule has 0 aromatic carbocycles. The van der Waals surface area contributed by atoms with Crippen LogP contribution < -0.4 is 0 Å². The number of hydrogen-bond donors (Lipinski definition) is 0. The van der Waals surface area contributed by atoms with Gasteiger partial charge in [-0.05, 0) is 36.1 Å². The number of pyridine rings is 1. The van der Waals surface area contributed by atoms with Crippen LogP contribution in [0.15, 0.2) is 41.9 Å². The third-order valence-electron chi connectivity index (χ3n) is 3.00. The highest BCUT2D eigenvalue weighted by Crippen LogP contribution is 2.27. The Morgan fingerprint density at radius 2 is 2.19 bits per heavy atom. The number of esters is 1. The van der Waals surface area contributed by atoms with Gasteiger partial charge in [0.1, 0.15) is 0 Å². The molecule has 3 aromatic heterocycles. The second-order valence-corrected chi connectivity index (χ2v) is 5.43. The molecule has 0 bridgehead atoms. The summed E-state index contributed by atoms with van der Waals surface area (Å²) in [4.78, 5) is 17.1. The van der Waals surface area contributed by atoms with Crippen molar-refractivity contribution in [1.29, 1.82) is 0 Å². The summed E-state index contributed by atoms with van der Waals surface area (Å²) < 4.78 is 6.42. The molecule has 0 radical (unpaired) electrons. The van der Waals surface area contributed by atoms with Gasteiger partial charge in [0.15, 0.2) is 11.5 Å². The molecule has 0 fully saturated rings. The van der Waals surface area contributed by atoms with Gasteiger partial charge in [-0.25, -0.2) is 14.5 Å². The van der Waals surface area contributed by atoms with E-state index in [0.29, 0.717) is 5.82 Å². The number of thiophene rings is 1. The molecule has 21 heavy (non-hydrogen) atoms. The van der Waals surface area contributed by atoms with Crippen molar-refractivity contribution in [3.05, 3.63) is 53.2 Å². The molecule has 0 N–H and O–H groups in total. The Kier molecular flexibility index (Phi) is 3.53. The molecule has 106 valence electrons. The van der Waals surface area contributed by atoms with Crippen LogP contribution in [0.3, 0.4) is 0 Å². The number of nitrogens with zero attached hydrogens (tertiary/aromatic N) is 3. The summed E-state index contributed by atoms with van der Waals surface area (Å²) in [5, 5.41) is 6.31. The average Bonchev–Trinajstić information content (AvgIpc) is 3.15. The maximum Gasteiger partial charge on any atom is 0.358 e. The van der Waals surface area contributed by atoms with Gasteiger partial charge in [0, 0.05) is 12.3 Å². The van der Waals surface area contributed by atoms with E-state index in [2.05, 4.69) is 10.1 Å². The van der Waals surface area contributed by atoms with E-state index in [1.54, 1.807) is 28.3 Å². The zero-order valence-electron chi connectivity index (χ0n) is 11.6. The summed E-state index contributed by atoms with van der Waals surface area (Å²) in [6, 6.07) is 9.50. The van der Waals surface area contributed by atoms with Crippen molar-refractivity contribution in [2.75, 3.05) is 7.11 Å². The third kappa shape index (κ3) is 2.57. The largest absolute Gasteiger partial charge is 0.464 e. The average molecular weight is 299 g/mol. The maximum absolute atomic E-state index is 11.7. The van der Waals surface area contributed by atoms with E-state index >= 15 is 0 Å². The predicted molar refractivity (Wildman–Crippen MR) is 80.7 cm³/mol. The summed E-state index contributed by atoms with van der Waals surface area (Å²) in [5.41, 5.74) is 2.17. The lowest BCUT2D eigenvalue weighted by Gasteiger charge is -2.05. The molecule has 6 heteroatoms. The fourth-order valence-electron chi connectivity index (χ4n) is 2.00. The Labute approximate surface area is 125 Å². The molecule has 0 spiro atoms. The molecule has 3 heterocycles. The van der Waals surface area contributed by atoms with Crippen molar-refractivity contribution < 1.29 is 9.53 Å². The molecule has 3 aromatic rings. The Bertz CT molecular complexity index is 778. The second kappa shape index (κ2) is 5.49. The number of aryl methyl sites for hydroxylation is 1. The normalized spacial score (nSPS) is 10.6. The molecule has 0 saturated heterocycles. The fraction of sp³-hybridized carbons (Fsp3) is 0.133. The lowest BCUT2D eigenvalue weighted by molar-refractivity contribution is 0.0593. The Morgan fingerprint density at radius 3 is 2.86 bits per heavy atom. The van der Waals surface area contributed by atoms with Crippen LogP contribution in [0.25, 0.3) is 16.4 Å². The van der Waals surface area contributed by atoms with Crippen molar-refractivity contribution in [3.8, 4) is 16.4 Å². The van der Waals surface area contributed by atoms with Crippen LogP contribution in [0.2, 0.25) is 0 Å². The van der Waals surface area contributed by atoms with Gasteiger partial charge in [-0.3, -0.25) is 0 Å². The van der Waals surface area contributed by atoms with E-state index in [0.717, 1.165) is 16.1 Å². The van der Waals surface area contributed by atoms with Gasteiger partial charge in [0.05, 0.1) is 17.7 Å².